The van der Waals surface area contributed by atoms with Crippen molar-refractivity contribution in [2.75, 3.05) is 13.1 Å². The zero-order valence-electron chi connectivity index (χ0n) is 19.0. The van der Waals surface area contributed by atoms with Crippen LogP contribution in [0.4, 0.5) is 5.69 Å². The Hall–Kier alpha value is -2.22. The van der Waals surface area contributed by atoms with Crippen LogP contribution in [0.25, 0.3) is 11.3 Å². The van der Waals surface area contributed by atoms with E-state index in [0.29, 0.717) is 18.0 Å². The highest BCUT2D eigenvalue weighted by atomic mass is 32.2. The second-order valence-electron chi connectivity index (χ2n) is 9.20. The van der Waals surface area contributed by atoms with Gasteiger partial charge in [0, 0.05) is 24.0 Å². The molecule has 3 aromatic rings. The Kier molecular flexibility index (Phi) is 6.70. The molecule has 2 aromatic carbocycles. The van der Waals surface area contributed by atoms with Crippen LogP contribution in [-0.2, 0) is 15.6 Å². The Labute approximate surface area is 195 Å². The molecule has 32 heavy (non-hydrogen) atoms. The lowest BCUT2D eigenvalue weighted by Crippen LogP contribution is -2.32. The van der Waals surface area contributed by atoms with Crippen LogP contribution in [0.2, 0.25) is 0 Å². The highest BCUT2D eigenvalue weighted by Gasteiger charge is 2.26. The minimum atomic E-state index is -3.45. The first kappa shape index (κ1) is 23.0. The fourth-order valence-electron chi connectivity index (χ4n) is 4.08. The van der Waals surface area contributed by atoms with Gasteiger partial charge in [0.25, 0.3) is 0 Å². The van der Waals surface area contributed by atoms with E-state index in [2.05, 4.69) is 30.7 Å². The van der Waals surface area contributed by atoms with Gasteiger partial charge in [-0.3, -0.25) is 0 Å². The van der Waals surface area contributed by atoms with E-state index in [4.69, 9.17) is 4.99 Å². The van der Waals surface area contributed by atoms with E-state index in [1.54, 1.807) is 27.8 Å². The summed E-state index contributed by atoms with van der Waals surface area (Å²) >= 11 is 1.60. The lowest BCUT2D eigenvalue weighted by Gasteiger charge is -2.24. The molecule has 1 aromatic heterocycles. The molecule has 5 nitrogen and oxygen atoms in total. The van der Waals surface area contributed by atoms with Crippen LogP contribution < -0.4 is 4.80 Å². The molecule has 4 rings (SSSR count). The van der Waals surface area contributed by atoms with Crippen molar-refractivity contribution < 1.29 is 8.42 Å². The summed E-state index contributed by atoms with van der Waals surface area (Å²) in [6.45, 7) is 7.70. The van der Waals surface area contributed by atoms with Gasteiger partial charge in [-0.1, -0.05) is 43.2 Å². The van der Waals surface area contributed by atoms with Crippen molar-refractivity contribution in [1.82, 2.24) is 8.87 Å². The summed E-state index contributed by atoms with van der Waals surface area (Å²) in [6.07, 6.45) is 4.08. The highest BCUT2D eigenvalue weighted by Crippen LogP contribution is 2.28. The highest BCUT2D eigenvalue weighted by molar-refractivity contribution is 7.89. The third kappa shape index (κ3) is 4.90. The Morgan fingerprint density at radius 1 is 0.875 bits per heavy atom. The third-order valence-electron chi connectivity index (χ3n) is 5.71. The van der Waals surface area contributed by atoms with Crippen molar-refractivity contribution in [3.05, 3.63) is 64.8 Å². The summed E-state index contributed by atoms with van der Waals surface area (Å²) in [7, 11) is -3.45. The van der Waals surface area contributed by atoms with Crippen LogP contribution in [-0.4, -0.2) is 30.4 Å². The van der Waals surface area contributed by atoms with Gasteiger partial charge in [-0.05, 0) is 63.4 Å². The summed E-state index contributed by atoms with van der Waals surface area (Å²) in [6, 6.07) is 17.3. The first-order chi connectivity index (χ1) is 15.3. The van der Waals surface area contributed by atoms with E-state index in [1.165, 1.54) is 0 Å². The van der Waals surface area contributed by atoms with Crippen molar-refractivity contribution in [1.29, 1.82) is 0 Å². The molecule has 0 atom stereocenters. The number of benzene rings is 2. The Bertz CT molecular complexity index is 1210. The topological polar surface area (TPSA) is 54.7 Å². The van der Waals surface area contributed by atoms with Crippen molar-refractivity contribution in [3.63, 3.8) is 0 Å². The molecule has 2 heterocycles. The van der Waals surface area contributed by atoms with Gasteiger partial charge in [0.15, 0.2) is 4.80 Å². The van der Waals surface area contributed by atoms with Crippen molar-refractivity contribution in [3.8, 4) is 11.3 Å². The van der Waals surface area contributed by atoms with Gasteiger partial charge in [-0.15, -0.1) is 11.3 Å². The van der Waals surface area contributed by atoms with E-state index in [1.807, 2.05) is 42.5 Å². The molecule has 0 bridgehead atoms. The van der Waals surface area contributed by atoms with Gasteiger partial charge >= 0.3 is 0 Å². The molecule has 1 aliphatic heterocycles. The molecule has 1 aliphatic rings. The minimum Gasteiger partial charge on any atom is -0.311 e. The molecule has 7 heteroatoms. The monoisotopic (exact) mass is 469 g/mol. The van der Waals surface area contributed by atoms with E-state index >= 15 is 0 Å². The fraction of sp³-hybridized carbons (Fsp3) is 0.400. The summed E-state index contributed by atoms with van der Waals surface area (Å²) in [5.41, 5.74) is 2.76. The lowest BCUT2D eigenvalue weighted by atomic mass is 10.1. The predicted molar refractivity (Wildman–Crippen MR) is 132 cm³/mol. The second kappa shape index (κ2) is 9.33. The van der Waals surface area contributed by atoms with Gasteiger partial charge in [0.2, 0.25) is 10.0 Å². The molecular formula is C25H31N3O2S2. The number of thiazole rings is 1. The smallest absolute Gasteiger partial charge is 0.243 e. The first-order valence-electron chi connectivity index (χ1n) is 11.2. The number of rotatable bonds is 4. The average Bonchev–Trinajstić information content (AvgIpc) is 3.00. The zero-order valence-corrected chi connectivity index (χ0v) is 20.6. The van der Waals surface area contributed by atoms with Crippen LogP contribution >= 0.6 is 11.3 Å². The Morgan fingerprint density at radius 3 is 2.09 bits per heavy atom. The van der Waals surface area contributed by atoms with Crippen LogP contribution in [0.15, 0.2) is 69.9 Å². The number of aromatic nitrogens is 1. The molecule has 0 amide bonds. The van der Waals surface area contributed by atoms with Crippen LogP contribution in [0.3, 0.4) is 0 Å². The second-order valence-corrected chi connectivity index (χ2v) is 12.0. The quantitative estimate of drug-likeness (QED) is 0.487. The summed E-state index contributed by atoms with van der Waals surface area (Å²) < 4.78 is 30.1. The Balaban J connectivity index is 1.71. The molecule has 0 unspecified atom stereocenters. The summed E-state index contributed by atoms with van der Waals surface area (Å²) in [5.74, 6) is 0. The molecule has 1 saturated heterocycles. The molecule has 1 fully saturated rings. The molecular weight excluding hydrogens is 438 g/mol. The molecule has 0 N–H and O–H groups in total. The molecule has 170 valence electrons. The molecule has 0 saturated carbocycles. The lowest BCUT2D eigenvalue weighted by molar-refractivity contribution is 0.392. The standard InChI is InChI=1S/C25H31N3O2S2/c1-25(2,3)28-23(19-31-24(28)26-21-11-7-6-8-12-21)20-13-15-22(16-14-20)32(29,30)27-17-9-4-5-10-18-27/h6-8,11-16,19H,4-5,9-10,17-18H2,1-3H3. The fourth-order valence-corrected chi connectivity index (χ4v) is 6.69. The van der Waals surface area contributed by atoms with Gasteiger partial charge in [0.1, 0.15) is 0 Å². The summed E-state index contributed by atoms with van der Waals surface area (Å²) in [5, 5.41) is 2.10. The maximum atomic E-state index is 13.1. The zero-order chi connectivity index (χ0) is 22.8. The van der Waals surface area contributed by atoms with Crippen LogP contribution in [0.5, 0.6) is 0 Å². The number of nitrogens with zero attached hydrogens (tertiary/aromatic N) is 3. The van der Waals surface area contributed by atoms with Gasteiger partial charge in [-0.2, -0.15) is 4.31 Å². The third-order valence-corrected chi connectivity index (χ3v) is 8.45. The number of hydrogen-bond donors (Lipinski definition) is 0. The SMILES string of the molecule is CC(C)(C)n1c(-c2ccc(S(=O)(=O)N3CCCCCC3)cc2)csc1=Nc1ccccc1. The normalized spacial score (nSPS) is 16.8. The van der Waals surface area contributed by atoms with E-state index in [0.717, 1.165) is 47.4 Å². The first-order valence-corrected chi connectivity index (χ1v) is 13.5. The van der Waals surface area contributed by atoms with Crippen molar-refractivity contribution in [2.45, 2.75) is 56.9 Å². The maximum Gasteiger partial charge on any atom is 0.243 e. The summed E-state index contributed by atoms with van der Waals surface area (Å²) in [4.78, 5) is 6.15. The number of hydrogen-bond acceptors (Lipinski definition) is 4. The van der Waals surface area contributed by atoms with Crippen molar-refractivity contribution in [2.24, 2.45) is 4.99 Å². The molecule has 0 radical (unpaired) electrons. The van der Waals surface area contributed by atoms with E-state index in [-0.39, 0.29) is 5.54 Å². The van der Waals surface area contributed by atoms with Crippen molar-refractivity contribution >= 4 is 27.0 Å². The molecule has 0 spiro atoms. The molecule has 0 aliphatic carbocycles. The van der Waals surface area contributed by atoms with Crippen LogP contribution in [0, 0.1) is 0 Å². The maximum absolute atomic E-state index is 13.1. The van der Waals surface area contributed by atoms with Gasteiger partial charge < -0.3 is 4.57 Å². The van der Waals surface area contributed by atoms with Gasteiger partial charge in [-0.25, -0.2) is 13.4 Å². The number of sulfonamides is 1. The minimum absolute atomic E-state index is 0.181. The largest absolute Gasteiger partial charge is 0.311 e. The average molecular weight is 470 g/mol. The van der Waals surface area contributed by atoms with Gasteiger partial charge in [0.05, 0.1) is 16.3 Å². The van der Waals surface area contributed by atoms with E-state index < -0.39 is 10.0 Å². The Morgan fingerprint density at radius 2 is 1.50 bits per heavy atom. The predicted octanol–water partition coefficient (Wildman–Crippen LogP) is 5.77. The van der Waals surface area contributed by atoms with Crippen LogP contribution in [0.1, 0.15) is 46.5 Å². The number of para-hydroxylation sites is 1. The van der Waals surface area contributed by atoms with E-state index in [9.17, 15) is 8.42 Å².